The number of aromatic nitrogens is 2. The molecule has 0 unspecified atom stereocenters. The fraction of sp³-hybridized carbons (Fsp3) is 0.636. The number of fused-ring (bicyclic) bond motifs is 1. The normalized spacial score (nSPS) is 16.5. The highest BCUT2D eigenvalue weighted by atomic mass is 15.1. The molecule has 0 radical (unpaired) electrons. The highest BCUT2D eigenvalue weighted by molar-refractivity contribution is 5.28. The van der Waals surface area contributed by atoms with Crippen molar-refractivity contribution in [3.05, 3.63) is 22.8 Å². The van der Waals surface area contributed by atoms with E-state index in [9.17, 15) is 0 Å². The fourth-order valence-corrected chi connectivity index (χ4v) is 2.11. The third-order valence-electron chi connectivity index (χ3n) is 2.98. The Labute approximate surface area is 90.5 Å². The fourth-order valence-electron chi connectivity index (χ4n) is 2.11. The summed E-state index contributed by atoms with van der Waals surface area (Å²) in [5, 5.41) is 0. The minimum Gasteiger partial charge on any atom is -0.325 e. The Morgan fingerprint density at radius 2 is 2.20 bits per heavy atom. The highest BCUT2D eigenvalue weighted by Gasteiger charge is 2.19. The molecule has 0 saturated carbocycles. The second-order valence-electron chi connectivity index (χ2n) is 3.97. The van der Waals surface area contributed by atoms with E-state index in [4.69, 9.17) is 5.73 Å². The molecule has 1 aliphatic rings. The smallest absolute Gasteiger partial charge is 0.125 e. The number of nitrogens with zero attached hydrogens (tertiary/aromatic N) is 3. The molecular weight excluding hydrogens is 188 g/mol. The highest BCUT2D eigenvalue weighted by Crippen LogP contribution is 2.19. The van der Waals surface area contributed by atoms with Crippen LogP contribution in [0.25, 0.3) is 0 Å². The Balaban J connectivity index is 2.39. The van der Waals surface area contributed by atoms with Crippen molar-refractivity contribution in [1.82, 2.24) is 14.9 Å². The Hall–Kier alpha value is -1.00. The quantitative estimate of drug-likeness (QED) is 0.770. The summed E-state index contributed by atoms with van der Waals surface area (Å²) in [6.07, 6.45) is 1.03. The Kier molecular flexibility index (Phi) is 2.98. The van der Waals surface area contributed by atoms with E-state index in [0.717, 1.165) is 37.6 Å². The van der Waals surface area contributed by atoms with Crippen molar-refractivity contribution in [2.24, 2.45) is 5.73 Å². The molecule has 0 amide bonds. The van der Waals surface area contributed by atoms with Crippen LogP contribution in [0.1, 0.15) is 29.7 Å². The topological polar surface area (TPSA) is 55.0 Å². The zero-order chi connectivity index (χ0) is 10.8. The van der Waals surface area contributed by atoms with Crippen LogP contribution in [0.4, 0.5) is 0 Å². The van der Waals surface area contributed by atoms with Crippen LogP contribution in [0.15, 0.2) is 0 Å². The zero-order valence-electron chi connectivity index (χ0n) is 9.45. The van der Waals surface area contributed by atoms with Gasteiger partial charge in [0, 0.05) is 31.6 Å². The van der Waals surface area contributed by atoms with Crippen molar-refractivity contribution in [3.63, 3.8) is 0 Å². The molecule has 4 heteroatoms. The van der Waals surface area contributed by atoms with Gasteiger partial charge in [-0.1, -0.05) is 6.92 Å². The van der Waals surface area contributed by atoms with Gasteiger partial charge in [-0.15, -0.1) is 0 Å². The van der Waals surface area contributed by atoms with Crippen LogP contribution in [0.2, 0.25) is 0 Å². The third kappa shape index (κ3) is 2.01. The standard InChI is InChI=1S/C11H18N4/c1-3-15-5-4-10-9(7-15)11(6-12)14-8(2)13-10/h3-7,12H2,1-2H3. The van der Waals surface area contributed by atoms with E-state index in [0.29, 0.717) is 6.54 Å². The monoisotopic (exact) mass is 206 g/mol. The van der Waals surface area contributed by atoms with Crippen LogP contribution >= 0.6 is 0 Å². The van der Waals surface area contributed by atoms with E-state index in [1.165, 1.54) is 11.3 Å². The zero-order valence-corrected chi connectivity index (χ0v) is 9.45. The van der Waals surface area contributed by atoms with E-state index in [-0.39, 0.29) is 0 Å². The lowest BCUT2D eigenvalue weighted by Crippen LogP contribution is -2.32. The Bertz CT molecular complexity index is 345. The SMILES string of the molecule is CCN1CCc2nc(C)nc(CN)c2C1. The first kappa shape index (κ1) is 10.5. The molecule has 82 valence electrons. The van der Waals surface area contributed by atoms with Gasteiger partial charge >= 0.3 is 0 Å². The summed E-state index contributed by atoms with van der Waals surface area (Å²) in [5.41, 5.74) is 9.21. The van der Waals surface area contributed by atoms with Crippen LogP contribution < -0.4 is 5.73 Å². The summed E-state index contributed by atoms with van der Waals surface area (Å²) in [5.74, 6) is 0.846. The first-order valence-corrected chi connectivity index (χ1v) is 5.52. The number of aryl methyl sites for hydroxylation is 1. The van der Waals surface area contributed by atoms with Crippen LogP contribution in [-0.2, 0) is 19.5 Å². The molecule has 4 nitrogen and oxygen atoms in total. The van der Waals surface area contributed by atoms with Gasteiger partial charge < -0.3 is 5.73 Å². The van der Waals surface area contributed by atoms with Crippen molar-refractivity contribution in [1.29, 1.82) is 0 Å². The van der Waals surface area contributed by atoms with E-state index < -0.39 is 0 Å². The Morgan fingerprint density at radius 1 is 1.40 bits per heavy atom. The van der Waals surface area contributed by atoms with Gasteiger partial charge in [-0.05, 0) is 13.5 Å². The van der Waals surface area contributed by atoms with Crippen LogP contribution in [-0.4, -0.2) is 28.0 Å². The van der Waals surface area contributed by atoms with Crippen molar-refractivity contribution in [2.45, 2.75) is 33.4 Å². The maximum absolute atomic E-state index is 5.72. The molecule has 2 rings (SSSR count). The van der Waals surface area contributed by atoms with Crippen molar-refractivity contribution < 1.29 is 0 Å². The van der Waals surface area contributed by atoms with Gasteiger partial charge in [-0.3, -0.25) is 4.90 Å². The second kappa shape index (κ2) is 4.24. The molecule has 0 aliphatic carbocycles. The third-order valence-corrected chi connectivity index (χ3v) is 2.98. The molecule has 1 aliphatic heterocycles. The molecule has 0 fully saturated rings. The number of rotatable bonds is 2. The molecule has 15 heavy (non-hydrogen) atoms. The van der Waals surface area contributed by atoms with Crippen molar-refractivity contribution >= 4 is 0 Å². The van der Waals surface area contributed by atoms with Gasteiger partial charge in [0.2, 0.25) is 0 Å². The minimum atomic E-state index is 0.517. The van der Waals surface area contributed by atoms with Gasteiger partial charge in [0.25, 0.3) is 0 Å². The predicted molar refractivity (Wildman–Crippen MR) is 59.3 cm³/mol. The summed E-state index contributed by atoms with van der Waals surface area (Å²) in [7, 11) is 0. The molecule has 1 aromatic heterocycles. The van der Waals surface area contributed by atoms with Gasteiger partial charge in [-0.25, -0.2) is 9.97 Å². The number of hydrogen-bond acceptors (Lipinski definition) is 4. The molecule has 0 bridgehead atoms. The van der Waals surface area contributed by atoms with E-state index in [2.05, 4.69) is 21.8 Å². The lowest BCUT2D eigenvalue weighted by atomic mass is 10.0. The van der Waals surface area contributed by atoms with E-state index >= 15 is 0 Å². The predicted octanol–water partition coefficient (Wildman–Crippen LogP) is 0.622. The first-order valence-electron chi connectivity index (χ1n) is 5.52. The summed E-state index contributed by atoms with van der Waals surface area (Å²) in [6, 6.07) is 0. The summed E-state index contributed by atoms with van der Waals surface area (Å²) >= 11 is 0. The molecule has 2 heterocycles. The molecule has 1 aromatic rings. The lowest BCUT2D eigenvalue weighted by molar-refractivity contribution is 0.263. The molecule has 0 aromatic carbocycles. The van der Waals surface area contributed by atoms with E-state index in [1.807, 2.05) is 6.92 Å². The average molecular weight is 206 g/mol. The molecular formula is C11H18N4. The first-order chi connectivity index (χ1) is 7.24. The summed E-state index contributed by atoms with van der Waals surface area (Å²) in [6.45, 7) is 7.77. The number of nitrogens with two attached hydrogens (primary N) is 1. The molecule has 2 N–H and O–H groups in total. The van der Waals surface area contributed by atoms with Gasteiger partial charge in [0.15, 0.2) is 0 Å². The second-order valence-corrected chi connectivity index (χ2v) is 3.97. The van der Waals surface area contributed by atoms with Gasteiger partial charge in [0.1, 0.15) is 5.82 Å². The largest absolute Gasteiger partial charge is 0.325 e. The van der Waals surface area contributed by atoms with Crippen molar-refractivity contribution in [3.8, 4) is 0 Å². The maximum atomic E-state index is 5.72. The van der Waals surface area contributed by atoms with Crippen LogP contribution in [0, 0.1) is 6.92 Å². The molecule has 0 atom stereocenters. The number of hydrogen-bond donors (Lipinski definition) is 1. The van der Waals surface area contributed by atoms with Crippen LogP contribution in [0.5, 0.6) is 0 Å². The maximum Gasteiger partial charge on any atom is 0.125 e. The summed E-state index contributed by atoms with van der Waals surface area (Å²) in [4.78, 5) is 11.3. The molecule has 0 spiro atoms. The van der Waals surface area contributed by atoms with E-state index in [1.54, 1.807) is 0 Å². The lowest BCUT2D eigenvalue weighted by Gasteiger charge is -2.28. The summed E-state index contributed by atoms with van der Waals surface area (Å²) < 4.78 is 0. The van der Waals surface area contributed by atoms with Crippen LogP contribution in [0.3, 0.4) is 0 Å². The average Bonchev–Trinajstić information content (AvgIpc) is 2.27. The minimum absolute atomic E-state index is 0.517. The number of likely N-dealkylation sites (N-methyl/N-ethyl adjacent to an activating group) is 1. The Morgan fingerprint density at radius 3 is 2.87 bits per heavy atom. The van der Waals surface area contributed by atoms with Gasteiger partial charge in [-0.2, -0.15) is 0 Å². The van der Waals surface area contributed by atoms with Gasteiger partial charge in [0.05, 0.1) is 11.4 Å². The van der Waals surface area contributed by atoms with Crippen molar-refractivity contribution in [2.75, 3.05) is 13.1 Å². The molecule has 0 saturated heterocycles.